The van der Waals surface area contributed by atoms with E-state index >= 15 is 0 Å². The fourth-order valence-corrected chi connectivity index (χ4v) is 12.1. The van der Waals surface area contributed by atoms with Crippen LogP contribution in [0.4, 0.5) is 0 Å². The lowest BCUT2D eigenvalue weighted by Crippen LogP contribution is -2.47. The van der Waals surface area contributed by atoms with Crippen LogP contribution in [0, 0.1) is 0 Å². The molecule has 0 aromatic heterocycles. The summed E-state index contributed by atoms with van der Waals surface area (Å²) in [7, 11) is 1.51. The van der Waals surface area contributed by atoms with E-state index in [0.29, 0.717) is 23.9 Å². The van der Waals surface area contributed by atoms with Crippen molar-refractivity contribution in [1.82, 2.24) is 5.32 Å². The van der Waals surface area contributed by atoms with Crippen LogP contribution >= 0.6 is 7.82 Å². The number of carbonyl (C=O) groups is 2. The van der Waals surface area contributed by atoms with E-state index in [9.17, 15) is 19.0 Å². The minimum absolute atomic E-state index is 0.0423. The summed E-state index contributed by atoms with van der Waals surface area (Å²) in [5, 5.41) is 3.08. The van der Waals surface area contributed by atoms with Gasteiger partial charge in [0.1, 0.15) is 19.3 Å². The lowest BCUT2D eigenvalue weighted by atomic mass is 10.0. The average molecular weight is 1250 g/mol. The van der Waals surface area contributed by atoms with E-state index < -0.39 is 20.0 Å². The van der Waals surface area contributed by atoms with E-state index in [1.54, 1.807) is 0 Å². The molecule has 0 rings (SSSR count). The molecule has 0 bridgehead atoms. The molecule has 512 valence electrons. The van der Waals surface area contributed by atoms with Crippen LogP contribution in [0.25, 0.3) is 0 Å². The number of nitrogens with one attached hydrogen (secondary N) is 1. The Kier molecular flexibility index (Phi) is 65.3. The summed E-state index contributed by atoms with van der Waals surface area (Å²) in [4.78, 5) is 38.0. The largest absolute Gasteiger partial charge is 0.472 e. The molecule has 0 aromatic carbocycles. The summed E-state index contributed by atoms with van der Waals surface area (Å²) in [6, 6.07) is -0.848. The number of esters is 1. The molecule has 3 atom stereocenters. The molecule has 10 heteroatoms. The van der Waals surface area contributed by atoms with E-state index in [1.807, 2.05) is 27.2 Å². The molecule has 0 saturated carbocycles. The number of phosphoric acid groups is 1. The molecule has 9 nitrogen and oxygen atoms in total. The van der Waals surface area contributed by atoms with Crippen LogP contribution in [-0.4, -0.2) is 74.3 Å². The number of hydrogen-bond acceptors (Lipinski definition) is 6. The van der Waals surface area contributed by atoms with Crippen molar-refractivity contribution in [2.45, 2.75) is 392 Å². The first kappa shape index (κ1) is 85.0. The zero-order chi connectivity index (χ0) is 63.5. The van der Waals surface area contributed by atoms with Crippen molar-refractivity contribution < 1.29 is 37.3 Å². The van der Waals surface area contributed by atoms with Gasteiger partial charge in [0.15, 0.2) is 0 Å². The van der Waals surface area contributed by atoms with Gasteiger partial charge in [-0.1, -0.05) is 327 Å². The number of rotatable bonds is 70. The Bertz CT molecular complexity index is 1620. The van der Waals surface area contributed by atoms with Gasteiger partial charge in [-0.25, -0.2) is 4.57 Å². The molecule has 0 fully saturated rings. The molecule has 1 amide bonds. The number of allylic oxidation sites excluding steroid dienone is 7. The molecule has 0 spiro atoms. The Morgan fingerprint density at radius 1 is 0.402 bits per heavy atom. The Balaban J connectivity index is 4.99. The highest BCUT2D eigenvalue weighted by atomic mass is 31.2. The predicted octanol–water partition coefficient (Wildman–Crippen LogP) is 24.4. The third-order valence-electron chi connectivity index (χ3n) is 17.2. The summed E-state index contributed by atoms with van der Waals surface area (Å²) < 4.78 is 30.9. The van der Waals surface area contributed by atoms with Crippen LogP contribution in [0.2, 0.25) is 0 Å². The quantitative estimate of drug-likeness (QED) is 0.0205. The van der Waals surface area contributed by atoms with Gasteiger partial charge in [-0.2, -0.15) is 0 Å². The number of likely N-dealkylation sites (N-methyl/N-ethyl adjacent to an activating group) is 1. The van der Waals surface area contributed by atoms with Crippen LogP contribution in [0.1, 0.15) is 380 Å². The number of carbonyl (C=O) groups excluding carboxylic acids is 2. The molecule has 87 heavy (non-hydrogen) atoms. The predicted molar refractivity (Wildman–Crippen MR) is 379 cm³/mol. The normalized spacial score (nSPS) is 13.7. The number of amides is 1. The smallest absolute Gasteiger partial charge is 0.456 e. The standard InChI is InChI=1S/C77H147N2O7P/c1-7-10-13-16-19-22-25-28-30-32-34-36-37-38-39-40-41-43-44-46-48-51-54-57-60-63-66-69-76(80)78-74(73-85-87(82,83)84-72-71-79(4,5)6)75(68-65-62-59-56-53-50-27-24-21-18-15-12-9-3)86-77(81)70-67-64-61-58-55-52-49-47-45-42-35-33-31-29-26-23-20-17-14-11-8-2/h19,22,28-31,65,68,74-75H,7-18,20-21,23-27,32-64,66-67,69-73H2,1-6H3,(H-,78,80,82,83)/p+1/b22-19-,30-28-,31-29+,68-65-. The fourth-order valence-electron chi connectivity index (χ4n) is 11.4. The average Bonchev–Trinajstić information content (AvgIpc) is 3.69. The van der Waals surface area contributed by atoms with Gasteiger partial charge >= 0.3 is 13.8 Å². The number of quaternary nitrogens is 1. The summed E-state index contributed by atoms with van der Waals surface area (Å²) in [5.74, 6) is -0.486. The van der Waals surface area contributed by atoms with Gasteiger partial charge < -0.3 is 19.4 Å². The van der Waals surface area contributed by atoms with Gasteiger partial charge in [-0.15, -0.1) is 0 Å². The Morgan fingerprint density at radius 3 is 1.07 bits per heavy atom. The minimum atomic E-state index is -4.46. The van der Waals surface area contributed by atoms with E-state index in [1.165, 1.54) is 283 Å². The maximum Gasteiger partial charge on any atom is 0.472 e. The third-order valence-corrected chi connectivity index (χ3v) is 18.2. The van der Waals surface area contributed by atoms with Crippen molar-refractivity contribution in [1.29, 1.82) is 0 Å². The zero-order valence-electron chi connectivity index (χ0n) is 58.8. The molecule has 2 N–H and O–H groups in total. The van der Waals surface area contributed by atoms with E-state index in [0.717, 1.165) is 64.2 Å². The van der Waals surface area contributed by atoms with Crippen molar-refractivity contribution in [2.75, 3.05) is 40.9 Å². The van der Waals surface area contributed by atoms with Gasteiger partial charge in [0.05, 0.1) is 33.8 Å². The SMILES string of the molecule is CCCCC/C=C\C/C=C\CCCCCCCCCCCCCCCCCCCC(=O)NC(COP(=O)(O)OCC[N+](C)(C)C)C(/C=C\CCCCCCCCCCCCC)OC(=O)CCCCCCCCCCCCC/C=C/CCCCCCCC. The molecule has 0 aliphatic heterocycles. The summed E-state index contributed by atoms with van der Waals surface area (Å²) in [5.41, 5.74) is 0. The minimum Gasteiger partial charge on any atom is -0.456 e. The number of unbranched alkanes of at least 4 members (excludes halogenated alkanes) is 48. The van der Waals surface area contributed by atoms with Gasteiger partial charge in [0.2, 0.25) is 5.91 Å². The topological polar surface area (TPSA) is 111 Å². The molecule has 0 aliphatic rings. The first-order valence-electron chi connectivity index (χ1n) is 38.0. The monoisotopic (exact) mass is 1240 g/mol. The Hall–Kier alpha value is -2.03. The number of hydrogen-bond donors (Lipinski definition) is 2. The van der Waals surface area contributed by atoms with Crippen LogP contribution in [0.5, 0.6) is 0 Å². The Morgan fingerprint density at radius 2 is 0.701 bits per heavy atom. The fraction of sp³-hybridized carbons (Fsp3) is 0.870. The maximum absolute atomic E-state index is 13.7. The lowest BCUT2D eigenvalue weighted by molar-refractivity contribution is -0.870. The highest BCUT2D eigenvalue weighted by Crippen LogP contribution is 2.43. The molecular formula is C77H148N2O7P+. The summed E-state index contributed by atoms with van der Waals surface area (Å²) in [6.07, 6.45) is 85.6. The second-order valence-electron chi connectivity index (χ2n) is 27.2. The maximum atomic E-state index is 13.7. The van der Waals surface area contributed by atoms with Crippen LogP contribution in [0.15, 0.2) is 48.6 Å². The van der Waals surface area contributed by atoms with Gasteiger partial charge in [0, 0.05) is 12.8 Å². The van der Waals surface area contributed by atoms with Crippen molar-refractivity contribution in [3.05, 3.63) is 48.6 Å². The van der Waals surface area contributed by atoms with E-state index in [2.05, 4.69) is 68.6 Å². The highest BCUT2D eigenvalue weighted by molar-refractivity contribution is 7.47. The number of nitrogens with zero attached hydrogens (tertiary/aromatic N) is 1. The summed E-state index contributed by atoms with van der Waals surface area (Å²) >= 11 is 0. The van der Waals surface area contributed by atoms with Crippen LogP contribution < -0.4 is 5.32 Å². The number of phosphoric ester groups is 1. The second-order valence-corrected chi connectivity index (χ2v) is 28.6. The molecule has 0 saturated heterocycles. The first-order chi connectivity index (χ1) is 42.4. The van der Waals surface area contributed by atoms with E-state index in [-0.39, 0.29) is 25.1 Å². The molecule has 0 heterocycles. The van der Waals surface area contributed by atoms with Crippen LogP contribution in [0.3, 0.4) is 0 Å². The van der Waals surface area contributed by atoms with Crippen LogP contribution in [-0.2, 0) is 27.9 Å². The van der Waals surface area contributed by atoms with Gasteiger partial charge in [-0.05, 0) is 89.5 Å². The van der Waals surface area contributed by atoms with Crippen molar-refractivity contribution in [2.24, 2.45) is 0 Å². The molecule has 0 radical (unpaired) electrons. The summed E-state index contributed by atoms with van der Waals surface area (Å²) in [6.45, 7) is 7.05. The molecule has 0 aromatic rings. The van der Waals surface area contributed by atoms with Crippen molar-refractivity contribution in [3.63, 3.8) is 0 Å². The zero-order valence-corrected chi connectivity index (χ0v) is 59.7. The molecular weight excluding hydrogens is 1100 g/mol. The van der Waals surface area contributed by atoms with Gasteiger partial charge in [0.25, 0.3) is 0 Å². The van der Waals surface area contributed by atoms with Crippen molar-refractivity contribution in [3.8, 4) is 0 Å². The van der Waals surface area contributed by atoms with Crippen molar-refractivity contribution >= 4 is 19.7 Å². The van der Waals surface area contributed by atoms with Gasteiger partial charge in [-0.3, -0.25) is 18.6 Å². The molecule has 0 aliphatic carbocycles. The molecule has 3 unspecified atom stereocenters. The second kappa shape index (κ2) is 66.9. The highest BCUT2D eigenvalue weighted by Gasteiger charge is 2.30. The number of ether oxygens (including phenoxy) is 1. The van der Waals surface area contributed by atoms with E-state index in [4.69, 9.17) is 13.8 Å². The third kappa shape index (κ3) is 68.2. The lowest BCUT2D eigenvalue weighted by Gasteiger charge is -2.27. The first-order valence-corrected chi connectivity index (χ1v) is 39.5. The Labute approximate surface area is 541 Å².